The van der Waals surface area contributed by atoms with Gasteiger partial charge in [0, 0.05) is 0 Å². The summed E-state index contributed by atoms with van der Waals surface area (Å²) in [5.41, 5.74) is 9.02. The summed E-state index contributed by atoms with van der Waals surface area (Å²) in [5.74, 6) is 0. The number of hydrogen-bond donors (Lipinski definition) is 0. The van der Waals surface area contributed by atoms with E-state index in [1.807, 2.05) is 0 Å². The van der Waals surface area contributed by atoms with Crippen LogP contribution in [0.15, 0.2) is 51.8 Å². The van der Waals surface area contributed by atoms with Crippen LogP contribution in [-0.4, -0.2) is 6.88 Å². The van der Waals surface area contributed by atoms with Crippen molar-refractivity contribution < 1.29 is 17.4 Å². The molecule has 0 spiro atoms. The van der Waals surface area contributed by atoms with E-state index in [4.69, 9.17) is 0 Å². The maximum absolute atomic E-state index is 3.85. The predicted octanol–water partition coefficient (Wildman–Crippen LogP) is 7.86. The molecule has 2 aliphatic rings. The van der Waals surface area contributed by atoms with E-state index >= 15 is 0 Å². The fourth-order valence-electron chi connectivity index (χ4n) is 7.15. The largest absolute Gasteiger partial charge is 0.147 e. The fourth-order valence-corrected chi connectivity index (χ4v) is 33.4. The monoisotopic (exact) mass is 564 g/mol. The van der Waals surface area contributed by atoms with E-state index in [9.17, 15) is 0 Å². The number of fused-ring (bicyclic) bond motifs is 3. The van der Waals surface area contributed by atoms with Gasteiger partial charge in [-0.3, -0.25) is 0 Å². The molecule has 0 saturated heterocycles. The molecule has 4 rings (SSSR count). The van der Waals surface area contributed by atoms with Crippen LogP contribution in [0.4, 0.5) is 0 Å². The third kappa shape index (κ3) is 3.38. The molecule has 0 aliphatic heterocycles. The Hall–Kier alpha value is -0.400. The first-order valence-corrected chi connectivity index (χ1v) is 22.3. The quantitative estimate of drug-likeness (QED) is 0.277. The maximum Gasteiger partial charge on any atom is -0.147 e. The molecule has 0 saturated carbocycles. The summed E-state index contributed by atoms with van der Waals surface area (Å²) in [7, 11) is 0. The zero-order valence-corrected chi connectivity index (χ0v) is 26.6. The topological polar surface area (TPSA) is 0 Å². The van der Waals surface area contributed by atoms with Crippen LogP contribution in [0, 0.1) is 13.8 Å². The molecule has 0 fully saturated rings. The first-order chi connectivity index (χ1) is 13.8. The number of rotatable bonds is 2. The first kappa shape index (κ1) is 27.8. The average molecular weight is 567 g/mol. The van der Waals surface area contributed by atoms with Gasteiger partial charge in [0.2, 0.25) is 0 Å². The minimum absolute atomic E-state index is 0. The van der Waals surface area contributed by atoms with Gasteiger partial charge in [0.1, 0.15) is 0 Å². The van der Waals surface area contributed by atoms with Crippen molar-refractivity contribution in [3.63, 3.8) is 0 Å². The van der Waals surface area contributed by atoms with Crippen molar-refractivity contribution >= 4 is 35.0 Å². The van der Waals surface area contributed by atoms with Gasteiger partial charge in [-0.25, -0.2) is 0 Å². The summed E-state index contributed by atoms with van der Waals surface area (Å²) in [6.45, 7) is 22.4. The van der Waals surface area contributed by atoms with Crippen LogP contribution >= 0.6 is 24.8 Å². The van der Waals surface area contributed by atoms with E-state index in [-0.39, 0.29) is 31.1 Å². The molecule has 0 nitrogen and oxygen atoms in total. The summed E-state index contributed by atoms with van der Waals surface area (Å²) in [5, 5.41) is 0. The van der Waals surface area contributed by atoms with Gasteiger partial charge in [0.15, 0.2) is 0 Å². The first-order valence-electron chi connectivity index (χ1n) is 11.4. The van der Waals surface area contributed by atoms with Crippen molar-refractivity contribution in [1.82, 2.24) is 0 Å². The van der Waals surface area contributed by atoms with Gasteiger partial charge < -0.3 is 0 Å². The second-order valence-corrected chi connectivity index (χ2v) is 37.6. The van der Waals surface area contributed by atoms with Crippen LogP contribution in [-0.2, 0) is 23.8 Å². The maximum atomic E-state index is 2.56. The molecule has 4 heteroatoms. The molecule has 0 amide bonds. The molecular weight excluding hydrogens is 527 g/mol. The Balaban J connectivity index is 0.00000181. The average Bonchev–Trinajstić information content (AvgIpc) is 3.26. The van der Waals surface area contributed by atoms with Gasteiger partial charge in [-0.15, -0.1) is 24.8 Å². The Bertz CT molecular complexity index is 1170. The third-order valence-corrected chi connectivity index (χ3v) is 51.2. The molecule has 0 N–H and O–H groups in total. The van der Waals surface area contributed by atoms with Crippen molar-refractivity contribution in [2.45, 2.75) is 74.5 Å². The molecule has 0 heterocycles. The van der Waals surface area contributed by atoms with E-state index in [0.29, 0.717) is 0 Å². The van der Waals surface area contributed by atoms with Crippen LogP contribution in [0.5, 0.6) is 0 Å². The van der Waals surface area contributed by atoms with Gasteiger partial charge >= 0.3 is 187 Å². The van der Waals surface area contributed by atoms with Gasteiger partial charge in [-0.1, -0.05) is 0 Å². The summed E-state index contributed by atoms with van der Waals surface area (Å²) in [4.78, 5) is 0. The normalized spacial score (nSPS) is 15.5. The summed E-state index contributed by atoms with van der Waals surface area (Å²) >= 11 is -3.85. The molecule has 0 aromatic heterocycles. The smallest absolute Gasteiger partial charge is 0.147 e. The molecule has 0 atom stereocenters. The second kappa shape index (κ2) is 8.67. The summed E-state index contributed by atoms with van der Waals surface area (Å²) in [6, 6.07) is 11.9. The van der Waals surface area contributed by atoms with E-state index in [1.54, 1.807) is 12.1 Å². The molecular formula is C28H40Cl2SiZr. The van der Waals surface area contributed by atoms with Crippen molar-refractivity contribution in [1.29, 1.82) is 0 Å². The molecule has 174 valence electrons. The van der Waals surface area contributed by atoms with Gasteiger partial charge in [0.25, 0.3) is 0 Å². The van der Waals surface area contributed by atoms with Gasteiger partial charge in [0.05, 0.1) is 0 Å². The molecule has 2 aromatic carbocycles. The molecule has 2 aliphatic carbocycles. The minimum Gasteiger partial charge on any atom is -0.147 e. The number of halogens is 2. The fraction of sp³-hybridized carbons (Fsp3) is 0.429. The standard InChI is InChI=1S/C15H13.C5H5.2C4H9.2ClH.H2Si.Zr/c1-10-3-5-14-12(7-10)9-13-8-11(2)4-6-15(13)14;1-2-4-5-3-1;2*1-4(2)3;;;;/h3-7H,9H2,1-2H3;1-3H,4H2;2*1-3H3;2*1H;1H2;. The van der Waals surface area contributed by atoms with Crippen LogP contribution < -0.4 is 3.27 Å². The number of aryl methyl sites for hydroxylation is 2. The Morgan fingerprint density at radius 2 is 1.44 bits per heavy atom. The zero-order valence-electron chi connectivity index (χ0n) is 21.1. The van der Waals surface area contributed by atoms with Crippen molar-refractivity contribution in [2.24, 2.45) is 0 Å². The van der Waals surface area contributed by atoms with E-state index < -0.39 is 17.4 Å². The van der Waals surface area contributed by atoms with Crippen molar-refractivity contribution in [3.8, 4) is 11.1 Å². The molecule has 0 unspecified atom stereocenters. The molecule has 2 aromatic rings. The number of hydrogen-bond acceptors (Lipinski definition) is 0. The van der Waals surface area contributed by atoms with E-state index in [2.05, 4.69) is 111 Å². The molecule has 32 heavy (non-hydrogen) atoms. The SMILES string of the molecule is Cc1ccc2c(c1)Cc1c-2ccc(C)[c]1[Zr](=[SiH2])([C]1=CC=CC1)([C](C)(C)C)[C](C)(C)C.Cl.Cl. The Kier molecular flexibility index (Phi) is 7.55. The summed E-state index contributed by atoms with van der Waals surface area (Å²) in [6.07, 6.45) is 9.46. The number of allylic oxidation sites excluding steroid dienone is 4. The predicted molar refractivity (Wildman–Crippen MR) is 148 cm³/mol. The zero-order chi connectivity index (χ0) is 22.1. The Morgan fingerprint density at radius 1 is 0.844 bits per heavy atom. The van der Waals surface area contributed by atoms with Crippen molar-refractivity contribution in [2.75, 3.05) is 0 Å². The molecule has 0 bridgehead atoms. The van der Waals surface area contributed by atoms with E-state index in [1.165, 1.54) is 27.8 Å². The van der Waals surface area contributed by atoms with Crippen LogP contribution in [0.1, 0.15) is 70.2 Å². The van der Waals surface area contributed by atoms with Gasteiger partial charge in [-0.05, 0) is 0 Å². The third-order valence-electron chi connectivity index (χ3n) is 8.78. The van der Waals surface area contributed by atoms with Crippen LogP contribution in [0.2, 0.25) is 6.25 Å². The van der Waals surface area contributed by atoms with Gasteiger partial charge in [-0.2, -0.15) is 0 Å². The Morgan fingerprint density at radius 3 is 1.97 bits per heavy atom. The van der Waals surface area contributed by atoms with Crippen LogP contribution in [0.25, 0.3) is 11.1 Å². The van der Waals surface area contributed by atoms with Crippen molar-refractivity contribution in [3.05, 3.63) is 74.1 Å². The van der Waals surface area contributed by atoms with Crippen LogP contribution in [0.3, 0.4) is 0 Å². The number of benzene rings is 2. The summed E-state index contributed by atoms with van der Waals surface area (Å²) < 4.78 is 4.07. The Labute approximate surface area is 210 Å². The minimum atomic E-state index is -3.85. The second-order valence-electron chi connectivity index (χ2n) is 11.9. The van der Waals surface area contributed by atoms with E-state index in [0.717, 1.165) is 12.8 Å². The molecule has 0 radical (unpaired) electrons.